The van der Waals surface area contributed by atoms with Gasteiger partial charge in [-0.15, -0.1) is 0 Å². The molecule has 0 amide bonds. The van der Waals surface area contributed by atoms with Gasteiger partial charge in [-0.3, -0.25) is 0 Å². The minimum Gasteiger partial charge on any atom is -0.231 e. The first-order valence-electron chi connectivity index (χ1n) is 3.81. The van der Waals surface area contributed by atoms with Gasteiger partial charge < -0.3 is 0 Å². The van der Waals surface area contributed by atoms with E-state index in [0.717, 1.165) is 6.08 Å². The summed E-state index contributed by atoms with van der Waals surface area (Å²) in [7, 11) is 0. The quantitative estimate of drug-likeness (QED) is 0.347. The third-order valence-corrected chi connectivity index (χ3v) is 2.35. The molecule has 14 heavy (non-hydrogen) atoms. The molecule has 0 spiro atoms. The van der Waals surface area contributed by atoms with Crippen LogP contribution in [0.25, 0.3) is 0 Å². The monoisotopic (exact) mass is 236 g/mol. The van der Waals surface area contributed by atoms with Gasteiger partial charge in [-0.05, 0) is 18.6 Å². The van der Waals surface area contributed by atoms with Crippen molar-refractivity contribution < 1.29 is 8.78 Å². The molecular weight excluding hydrogens is 230 g/mol. The summed E-state index contributed by atoms with van der Waals surface area (Å²) < 4.78 is 23.2. The van der Waals surface area contributed by atoms with E-state index in [1.165, 1.54) is 18.0 Å². The average molecular weight is 237 g/mol. The van der Waals surface area contributed by atoms with Crippen molar-refractivity contribution in [2.45, 2.75) is 11.6 Å². The van der Waals surface area contributed by atoms with Gasteiger partial charge in [0.15, 0.2) is 5.16 Å². The predicted molar refractivity (Wildman–Crippen MR) is 52.7 cm³/mol. The fourth-order valence-electron chi connectivity index (χ4n) is 0.708. The van der Waals surface area contributed by atoms with E-state index in [1.807, 2.05) is 0 Å². The Balaban J connectivity index is 2.35. The summed E-state index contributed by atoms with van der Waals surface area (Å²) in [5, 5.41) is 0.861. The summed E-state index contributed by atoms with van der Waals surface area (Å²) in [5.41, 5.74) is 0. The van der Waals surface area contributed by atoms with Crippen LogP contribution in [-0.2, 0) is 0 Å². The Morgan fingerprint density at radius 3 is 3.00 bits per heavy atom. The van der Waals surface area contributed by atoms with Crippen LogP contribution >= 0.6 is 23.4 Å². The summed E-state index contributed by atoms with van der Waals surface area (Å²) in [6.07, 6.45) is 1.04. The molecule has 0 aliphatic carbocycles. The van der Waals surface area contributed by atoms with E-state index in [4.69, 9.17) is 11.6 Å². The van der Waals surface area contributed by atoms with Crippen LogP contribution in [0.1, 0.15) is 6.42 Å². The topological polar surface area (TPSA) is 25.8 Å². The lowest BCUT2D eigenvalue weighted by molar-refractivity contribution is 0.418. The summed E-state index contributed by atoms with van der Waals surface area (Å²) in [5.74, 6) is 0.512. The number of allylic oxidation sites excluding steroid dienone is 1. The first kappa shape index (κ1) is 11.4. The largest absolute Gasteiger partial charge is 0.266 e. The third-order valence-electron chi connectivity index (χ3n) is 1.25. The fourth-order valence-corrected chi connectivity index (χ4v) is 1.61. The number of thioether (sulfide) groups is 1. The summed E-state index contributed by atoms with van der Waals surface area (Å²) in [6, 6.07) is 1.56. The van der Waals surface area contributed by atoms with Crippen molar-refractivity contribution >= 4 is 23.4 Å². The number of aromatic nitrogens is 2. The van der Waals surface area contributed by atoms with Crippen molar-refractivity contribution in [3.63, 3.8) is 0 Å². The molecule has 0 unspecified atom stereocenters. The lowest BCUT2D eigenvalue weighted by Crippen LogP contribution is -1.86. The Hall–Kier alpha value is -0.680. The molecule has 0 aromatic carbocycles. The number of hydrogen-bond acceptors (Lipinski definition) is 3. The number of rotatable bonds is 4. The van der Waals surface area contributed by atoms with E-state index in [-0.39, 0.29) is 0 Å². The zero-order valence-corrected chi connectivity index (χ0v) is 8.66. The molecule has 0 atom stereocenters. The van der Waals surface area contributed by atoms with E-state index in [0.29, 0.717) is 22.5 Å². The number of nitrogens with zero attached hydrogens (tertiary/aromatic N) is 2. The van der Waals surface area contributed by atoms with E-state index in [9.17, 15) is 8.78 Å². The molecule has 0 bridgehead atoms. The Morgan fingerprint density at radius 1 is 1.57 bits per heavy atom. The molecule has 1 aromatic rings. The second-order valence-electron chi connectivity index (χ2n) is 2.29. The van der Waals surface area contributed by atoms with Gasteiger partial charge in [0, 0.05) is 11.9 Å². The van der Waals surface area contributed by atoms with Gasteiger partial charge in [0.1, 0.15) is 5.15 Å². The first-order valence-corrected chi connectivity index (χ1v) is 5.17. The Kier molecular flexibility index (Phi) is 4.82. The SMILES string of the molecule is FC(F)=CCCSc1nccc(Cl)n1. The second kappa shape index (κ2) is 5.93. The zero-order chi connectivity index (χ0) is 10.4. The maximum atomic E-state index is 11.6. The van der Waals surface area contributed by atoms with Crippen molar-refractivity contribution in [2.75, 3.05) is 5.75 Å². The van der Waals surface area contributed by atoms with Crippen LogP contribution in [-0.4, -0.2) is 15.7 Å². The molecule has 0 N–H and O–H groups in total. The van der Waals surface area contributed by atoms with Gasteiger partial charge in [-0.2, -0.15) is 8.78 Å². The van der Waals surface area contributed by atoms with E-state index in [2.05, 4.69) is 9.97 Å². The van der Waals surface area contributed by atoms with Gasteiger partial charge in [0.2, 0.25) is 0 Å². The smallest absolute Gasteiger partial charge is 0.231 e. The molecule has 0 radical (unpaired) electrons. The van der Waals surface area contributed by atoms with Crippen LogP contribution in [0.2, 0.25) is 5.15 Å². The molecule has 0 aliphatic heterocycles. The molecule has 1 aromatic heterocycles. The van der Waals surface area contributed by atoms with E-state index in [1.54, 1.807) is 6.07 Å². The molecule has 1 rings (SSSR count). The third kappa shape index (κ3) is 4.53. The van der Waals surface area contributed by atoms with Crippen LogP contribution in [0, 0.1) is 0 Å². The maximum Gasteiger partial charge on any atom is 0.266 e. The molecule has 0 saturated heterocycles. The van der Waals surface area contributed by atoms with Gasteiger partial charge in [0.05, 0.1) is 0 Å². The standard InChI is InChI=1S/C8H7ClF2N2S/c9-6-3-4-12-8(13-6)14-5-1-2-7(10)11/h2-4H,1,5H2. The minimum atomic E-state index is -1.65. The van der Waals surface area contributed by atoms with Crippen LogP contribution in [0.15, 0.2) is 29.6 Å². The lowest BCUT2D eigenvalue weighted by atomic mass is 10.5. The maximum absolute atomic E-state index is 11.6. The number of hydrogen-bond donors (Lipinski definition) is 0. The molecule has 2 nitrogen and oxygen atoms in total. The minimum absolute atomic E-state index is 0.295. The Labute approximate surface area is 89.4 Å². The van der Waals surface area contributed by atoms with Crippen LogP contribution in [0.5, 0.6) is 0 Å². The molecule has 0 fully saturated rings. The second-order valence-corrected chi connectivity index (χ2v) is 3.74. The molecule has 0 aliphatic rings. The highest BCUT2D eigenvalue weighted by Gasteiger charge is 1.97. The fraction of sp³-hybridized carbons (Fsp3) is 0.250. The number of halogens is 3. The van der Waals surface area contributed by atoms with Crippen molar-refractivity contribution in [3.05, 3.63) is 29.6 Å². The van der Waals surface area contributed by atoms with E-state index < -0.39 is 6.08 Å². The highest BCUT2D eigenvalue weighted by atomic mass is 35.5. The Bertz CT molecular complexity index is 329. The normalized spacial score (nSPS) is 9.93. The van der Waals surface area contributed by atoms with Crippen LogP contribution < -0.4 is 0 Å². The molecular formula is C8H7ClF2N2S. The Morgan fingerprint density at radius 2 is 2.36 bits per heavy atom. The highest BCUT2D eigenvalue weighted by molar-refractivity contribution is 7.99. The molecule has 0 saturated carbocycles. The predicted octanol–water partition coefficient (Wildman–Crippen LogP) is 3.39. The van der Waals surface area contributed by atoms with Crippen molar-refractivity contribution in [2.24, 2.45) is 0 Å². The van der Waals surface area contributed by atoms with E-state index >= 15 is 0 Å². The van der Waals surface area contributed by atoms with Crippen molar-refractivity contribution in [3.8, 4) is 0 Å². The summed E-state index contributed by atoms with van der Waals surface area (Å²) >= 11 is 6.90. The zero-order valence-electron chi connectivity index (χ0n) is 7.08. The van der Waals surface area contributed by atoms with Crippen molar-refractivity contribution in [1.82, 2.24) is 9.97 Å². The molecule has 6 heteroatoms. The summed E-state index contributed by atoms with van der Waals surface area (Å²) in [6.45, 7) is 0. The van der Waals surface area contributed by atoms with Gasteiger partial charge in [0.25, 0.3) is 6.08 Å². The van der Waals surface area contributed by atoms with Gasteiger partial charge in [-0.1, -0.05) is 23.4 Å². The average Bonchev–Trinajstić information content (AvgIpc) is 2.12. The lowest BCUT2D eigenvalue weighted by Gasteiger charge is -1.96. The molecule has 76 valence electrons. The molecule has 1 heterocycles. The van der Waals surface area contributed by atoms with Crippen LogP contribution in [0.3, 0.4) is 0 Å². The summed E-state index contributed by atoms with van der Waals surface area (Å²) in [4.78, 5) is 7.81. The van der Waals surface area contributed by atoms with Gasteiger partial charge >= 0.3 is 0 Å². The van der Waals surface area contributed by atoms with Crippen molar-refractivity contribution in [1.29, 1.82) is 0 Å². The van der Waals surface area contributed by atoms with Gasteiger partial charge in [-0.25, -0.2) is 9.97 Å². The highest BCUT2D eigenvalue weighted by Crippen LogP contribution is 2.16. The first-order chi connectivity index (χ1) is 6.68. The van der Waals surface area contributed by atoms with Crippen LogP contribution in [0.4, 0.5) is 8.78 Å².